The van der Waals surface area contributed by atoms with Gasteiger partial charge in [-0.3, -0.25) is 4.79 Å². The summed E-state index contributed by atoms with van der Waals surface area (Å²) in [6.07, 6.45) is 1.27. The molecule has 110 valence electrons. The van der Waals surface area contributed by atoms with Gasteiger partial charge in [0.05, 0.1) is 5.60 Å². The van der Waals surface area contributed by atoms with Crippen molar-refractivity contribution in [2.45, 2.75) is 25.4 Å². The van der Waals surface area contributed by atoms with Crippen molar-refractivity contribution in [3.05, 3.63) is 23.8 Å². The molecule has 1 fully saturated rings. The van der Waals surface area contributed by atoms with Gasteiger partial charge in [0, 0.05) is 56.6 Å². The van der Waals surface area contributed by atoms with Crippen molar-refractivity contribution in [1.82, 2.24) is 0 Å². The fourth-order valence-electron chi connectivity index (χ4n) is 2.55. The van der Waals surface area contributed by atoms with E-state index < -0.39 is 5.60 Å². The number of ketones is 1. The Labute approximate surface area is 119 Å². The van der Waals surface area contributed by atoms with Gasteiger partial charge in [-0.05, 0) is 25.1 Å². The predicted octanol–water partition coefficient (Wildman–Crippen LogP) is 1.45. The second-order valence-corrected chi connectivity index (χ2v) is 5.52. The van der Waals surface area contributed by atoms with Gasteiger partial charge in [-0.25, -0.2) is 0 Å². The van der Waals surface area contributed by atoms with Crippen molar-refractivity contribution in [2.75, 3.05) is 37.4 Å². The SMILES string of the molecule is CC(=O)c1ccc(N(C)CC2(O)CCOCC2)cc1N. The highest BCUT2D eigenvalue weighted by Crippen LogP contribution is 2.26. The monoisotopic (exact) mass is 278 g/mol. The van der Waals surface area contributed by atoms with Gasteiger partial charge in [0.25, 0.3) is 0 Å². The lowest BCUT2D eigenvalue weighted by Gasteiger charge is -2.36. The summed E-state index contributed by atoms with van der Waals surface area (Å²) in [5.74, 6) is -0.0419. The minimum Gasteiger partial charge on any atom is -0.398 e. The number of ether oxygens (including phenoxy) is 1. The summed E-state index contributed by atoms with van der Waals surface area (Å²) in [4.78, 5) is 13.3. The quantitative estimate of drug-likeness (QED) is 0.644. The summed E-state index contributed by atoms with van der Waals surface area (Å²) in [6, 6.07) is 5.37. The molecule has 1 aliphatic heterocycles. The van der Waals surface area contributed by atoms with Crippen LogP contribution in [0.25, 0.3) is 0 Å². The van der Waals surface area contributed by atoms with E-state index in [1.54, 1.807) is 12.1 Å². The topological polar surface area (TPSA) is 75.8 Å². The Morgan fingerprint density at radius 2 is 2.10 bits per heavy atom. The Balaban J connectivity index is 2.11. The first-order chi connectivity index (χ1) is 9.41. The van der Waals surface area contributed by atoms with Gasteiger partial charge in [-0.15, -0.1) is 0 Å². The van der Waals surface area contributed by atoms with Gasteiger partial charge in [-0.2, -0.15) is 0 Å². The number of hydrogen-bond acceptors (Lipinski definition) is 5. The summed E-state index contributed by atoms with van der Waals surface area (Å²) >= 11 is 0. The van der Waals surface area contributed by atoms with Crippen molar-refractivity contribution in [3.63, 3.8) is 0 Å². The maximum absolute atomic E-state index is 11.4. The van der Waals surface area contributed by atoms with Gasteiger partial charge in [0.2, 0.25) is 0 Å². The third kappa shape index (κ3) is 3.29. The van der Waals surface area contributed by atoms with Crippen LogP contribution in [-0.4, -0.2) is 43.3 Å². The number of benzene rings is 1. The maximum atomic E-state index is 11.4. The minimum atomic E-state index is -0.721. The number of Topliss-reactive ketones (excluding diaryl/α,β-unsaturated/α-hetero) is 1. The molecule has 5 heteroatoms. The van der Waals surface area contributed by atoms with Crippen molar-refractivity contribution in [1.29, 1.82) is 0 Å². The first-order valence-corrected chi connectivity index (χ1v) is 6.83. The number of nitrogen functional groups attached to an aromatic ring is 1. The Morgan fingerprint density at radius 1 is 1.45 bits per heavy atom. The molecule has 0 bridgehead atoms. The third-order valence-electron chi connectivity index (χ3n) is 3.81. The molecule has 0 atom stereocenters. The third-order valence-corrected chi connectivity index (χ3v) is 3.81. The highest BCUT2D eigenvalue weighted by atomic mass is 16.5. The van der Waals surface area contributed by atoms with E-state index in [4.69, 9.17) is 10.5 Å². The van der Waals surface area contributed by atoms with Gasteiger partial charge >= 0.3 is 0 Å². The number of nitrogens with two attached hydrogens (primary N) is 1. The number of likely N-dealkylation sites (N-methyl/N-ethyl adjacent to an activating group) is 1. The Bertz CT molecular complexity index is 496. The largest absolute Gasteiger partial charge is 0.398 e. The lowest BCUT2D eigenvalue weighted by Crippen LogP contribution is -2.45. The molecule has 1 heterocycles. The summed E-state index contributed by atoms with van der Waals surface area (Å²) < 4.78 is 5.28. The first-order valence-electron chi connectivity index (χ1n) is 6.83. The molecule has 2 rings (SSSR count). The normalized spacial score (nSPS) is 17.8. The zero-order valence-electron chi connectivity index (χ0n) is 12.1. The smallest absolute Gasteiger partial charge is 0.161 e. The first kappa shape index (κ1) is 14.8. The molecular weight excluding hydrogens is 256 g/mol. The van der Waals surface area contributed by atoms with E-state index in [-0.39, 0.29) is 5.78 Å². The van der Waals surface area contributed by atoms with Crippen LogP contribution < -0.4 is 10.6 Å². The van der Waals surface area contributed by atoms with Crippen LogP contribution >= 0.6 is 0 Å². The second-order valence-electron chi connectivity index (χ2n) is 5.52. The van der Waals surface area contributed by atoms with Gasteiger partial charge in [0.1, 0.15) is 0 Å². The van der Waals surface area contributed by atoms with Crippen LogP contribution in [0.2, 0.25) is 0 Å². The molecule has 5 nitrogen and oxygen atoms in total. The molecule has 0 amide bonds. The zero-order valence-corrected chi connectivity index (χ0v) is 12.1. The number of aliphatic hydroxyl groups is 1. The van der Waals surface area contributed by atoms with Crippen LogP contribution in [0.15, 0.2) is 18.2 Å². The highest BCUT2D eigenvalue weighted by Gasteiger charge is 2.31. The lowest BCUT2D eigenvalue weighted by atomic mass is 9.93. The van der Waals surface area contributed by atoms with Crippen molar-refractivity contribution < 1.29 is 14.6 Å². The van der Waals surface area contributed by atoms with Crippen molar-refractivity contribution in [2.24, 2.45) is 0 Å². The molecule has 1 aromatic carbocycles. The van der Waals surface area contributed by atoms with Gasteiger partial charge in [-0.1, -0.05) is 0 Å². The average Bonchev–Trinajstić information content (AvgIpc) is 2.38. The highest BCUT2D eigenvalue weighted by molar-refractivity contribution is 5.99. The van der Waals surface area contributed by atoms with E-state index in [2.05, 4.69) is 0 Å². The summed E-state index contributed by atoms with van der Waals surface area (Å²) in [5, 5.41) is 10.5. The summed E-state index contributed by atoms with van der Waals surface area (Å²) in [7, 11) is 1.91. The Kier molecular flexibility index (Phi) is 4.30. The number of carbonyl (C=O) groups excluding carboxylic acids is 1. The Morgan fingerprint density at radius 3 is 2.65 bits per heavy atom. The minimum absolute atomic E-state index is 0.0419. The number of rotatable bonds is 4. The predicted molar refractivity (Wildman–Crippen MR) is 79.1 cm³/mol. The van der Waals surface area contributed by atoms with Crippen LogP contribution in [0.5, 0.6) is 0 Å². The van der Waals surface area contributed by atoms with Gasteiger partial charge in [0.15, 0.2) is 5.78 Å². The molecule has 20 heavy (non-hydrogen) atoms. The Hall–Kier alpha value is -1.59. The van der Waals surface area contributed by atoms with Crippen LogP contribution in [0, 0.1) is 0 Å². The molecule has 1 aromatic rings. The molecule has 1 aliphatic rings. The molecule has 0 unspecified atom stereocenters. The van der Waals surface area contributed by atoms with Crippen molar-refractivity contribution in [3.8, 4) is 0 Å². The van der Waals surface area contributed by atoms with E-state index in [1.807, 2.05) is 18.0 Å². The molecule has 0 spiro atoms. The fourth-order valence-corrected chi connectivity index (χ4v) is 2.55. The number of nitrogens with zero attached hydrogens (tertiary/aromatic N) is 1. The van der Waals surface area contributed by atoms with E-state index in [9.17, 15) is 9.90 Å². The maximum Gasteiger partial charge on any atom is 0.161 e. The summed E-state index contributed by atoms with van der Waals surface area (Å²) in [6.45, 7) is 3.21. The summed E-state index contributed by atoms with van der Waals surface area (Å²) in [5.41, 5.74) is 7.08. The van der Waals surface area contributed by atoms with Gasteiger partial charge < -0.3 is 20.5 Å². The fraction of sp³-hybridized carbons (Fsp3) is 0.533. The van der Waals surface area contributed by atoms with Crippen molar-refractivity contribution >= 4 is 17.2 Å². The zero-order chi connectivity index (χ0) is 14.8. The second kappa shape index (κ2) is 5.81. The number of carbonyl (C=O) groups is 1. The number of anilines is 2. The lowest BCUT2D eigenvalue weighted by molar-refractivity contribution is -0.0572. The van der Waals surface area contributed by atoms with E-state index in [0.29, 0.717) is 43.9 Å². The van der Waals surface area contributed by atoms with Crippen LogP contribution in [-0.2, 0) is 4.74 Å². The number of hydrogen-bond donors (Lipinski definition) is 2. The van der Waals surface area contributed by atoms with E-state index in [1.165, 1.54) is 6.92 Å². The molecular formula is C15H22N2O3. The molecule has 3 N–H and O–H groups in total. The average molecular weight is 278 g/mol. The van der Waals surface area contributed by atoms with Crippen LogP contribution in [0.3, 0.4) is 0 Å². The molecule has 0 radical (unpaired) electrons. The molecule has 0 aliphatic carbocycles. The van der Waals surface area contributed by atoms with E-state index in [0.717, 1.165) is 5.69 Å². The molecule has 1 saturated heterocycles. The van der Waals surface area contributed by atoms with E-state index >= 15 is 0 Å². The van der Waals surface area contributed by atoms with Crippen LogP contribution in [0.4, 0.5) is 11.4 Å². The molecule has 0 saturated carbocycles. The standard InChI is InChI=1S/C15H22N2O3/c1-11(18)13-4-3-12(9-14(13)16)17(2)10-15(19)5-7-20-8-6-15/h3-4,9,19H,5-8,10,16H2,1-2H3. The van der Waals surface area contributed by atoms with Crippen LogP contribution in [0.1, 0.15) is 30.1 Å². The molecule has 0 aromatic heterocycles.